The average molecular weight is 333 g/mol. The summed E-state index contributed by atoms with van der Waals surface area (Å²) in [6.45, 7) is 1.78. The van der Waals surface area contributed by atoms with Gasteiger partial charge in [-0.3, -0.25) is 0 Å². The lowest BCUT2D eigenvalue weighted by Crippen LogP contribution is -2.45. The van der Waals surface area contributed by atoms with E-state index >= 15 is 0 Å². The smallest absolute Gasteiger partial charge is 0.259 e. The third-order valence-electron chi connectivity index (χ3n) is 5.60. The van der Waals surface area contributed by atoms with Crippen molar-refractivity contribution in [1.29, 1.82) is 0 Å². The van der Waals surface area contributed by atoms with Crippen molar-refractivity contribution in [3.05, 3.63) is 46.6 Å². The molecule has 124 valence electrons. The molecule has 0 aromatic heterocycles. The second-order valence-electron chi connectivity index (χ2n) is 6.93. The molecule has 5 nitrogen and oxygen atoms in total. The summed E-state index contributed by atoms with van der Waals surface area (Å²) in [6, 6.07) is 8.67. The molecule has 1 aliphatic carbocycles. The zero-order valence-corrected chi connectivity index (χ0v) is 14.3. The largest absolute Gasteiger partial charge is 0.361 e. The zero-order chi connectivity index (χ0) is 16.1. The van der Waals surface area contributed by atoms with Gasteiger partial charge in [-0.2, -0.15) is 4.31 Å². The fourth-order valence-corrected chi connectivity index (χ4v) is 5.73. The Bertz CT molecular complexity index is 749. The summed E-state index contributed by atoms with van der Waals surface area (Å²) in [6.07, 6.45) is 5.81. The third kappa shape index (κ3) is 2.35. The van der Waals surface area contributed by atoms with Gasteiger partial charge in [0, 0.05) is 26.3 Å². The highest BCUT2D eigenvalue weighted by Crippen LogP contribution is 2.46. The molecule has 0 bridgehead atoms. The van der Waals surface area contributed by atoms with Crippen LogP contribution in [0.4, 0.5) is 0 Å². The standard InChI is InChI=1S/C17H23N3O2S/c1-19-12-16(18-13-19)23(21,22)20-10-8-17(9-11-20)7-6-14-4-2-3-5-15(14)17/h2-5,12,18H,6-11,13H2,1H3. The molecule has 2 aliphatic heterocycles. The van der Waals surface area contributed by atoms with E-state index in [-0.39, 0.29) is 5.41 Å². The molecular formula is C17H23N3O2S. The van der Waals surface area contributed by atoms with Crippen molar-refractivity contribution < 1.29 is 8.42 Å². The van der Waals surface area contributed by atoms with Crippen molar-refractivity contribution in [2.24, 2.45) is 0 Å². The topological polar surface area (TPSA) is 52.7 Å². The SMILES string of the molecule is CN1C=C(S(=O)(=O)N2CCC3(CCc4ccccc43)CC2)NC1. The highest BCUT2D eigenvalue weighted by Gasteiger charge is 2.43. The molecule has 0 saturated carbocycles. The summed E-state index contributed by atoms with van der Waals surface area (Å²) < 4.78 is 27.2. The lowest BCUT2D eigenvalue weighted by atomic mass is 9.74. The Morgan fingerprint density at radius 2 is 1.87 bits per heavy atom. The molecule has 1 fully saturated rings. The van der Waals surface area contributed by atoms with Gasteiger partial charge >= 0.3 is 0 Å². The highest BCUT2D eigenvalue weighted by atomic mass is 32.2. The number of piperidine rings is 1. The highest BCUT2D eigenvalue weighted by molar-refractivity contribution is 7.92. The van der Waals surface area contributed by atoms with E-state index in [0.717, 1.165) is 25.7 Å². The second-order valence-corrected chi connectivity index (χ2v) is 8.83. The van der Waals surface area contributed by atoms with Gasteiger partial charge in [-0.05, 0) is 42.2 Å². The number of nitrogens with one attached hydrogen (secondary N) is 1. The van der Waals surface area contributed by atoms with Gasteiger partial charge in [-0.15, -0.1) is 0 Å². The zero-order valence-electron chi connectivity index (χ0n) is 13.5. The van der Waals surface area contributed by atoms with Crippen LogP contribution in [0.2, 0.25) is 0 Å². The van der Waals surface area contributed by atoms with Gasteiger partial charge in [0.2, 0.25) is 0 Å². The molecule has 1 spiro atoms. The summed E-state index contributed by atoms with van der Waals surface area (Å²) in [5, 5.41) is 3.31. The maximum atomic E-state index is 12.8. The predicted molar refractivity (Wildman–Crippen MR) is 90.0 cm³/mol. The van der Waals surface area contributed by atoms with Crippen LogP contribution in [-0.2, 0) is 21.9 Å². The van der Waals surface area contributed by atoms with Crippen molar-refractivity contribution >= 4 is 10.0 Å². The second kappa shape index (κ2) is 5.24. The van der Waals surface area contributed by atoms with E-state index in [1.165, 1.54) is 11.1 Å². The number of nitrogens with zero attached hydrogens (tertiary/aromatic N) is 2. The Hall–Kier alpha value is -1.53. The minimum Gasteiger partial charge on any atom is -0.361 e. The quantitative estimate of drug-likeness (QED) is 0.893. The Labute approximate surface area is 138 Å². The monoisotopic (exact) mass is 333 g/mol. The van der Waals surface area contributed by atoms with E-state index in [9.17, 15) is 8.42 Å². The van der Waals surface area contributed by atoms with Gasteiger partial charge in [-0.25, -0.2) is 8.42 Å². The van der Waals surface area contributed by atoms with Gasteiger partial charge in [-0.1, -0.05) is 24.3 Å². The Balaban J connectivity index is 1.53. The first-order chi connectivity index (χ1) is 11.0. The van der Waals surface area contributed by atoms with Gasteiger partial charge in [0.05, 0.1) is 6.67 Å². The molecule has 0 atom stereocenters. The first-order valence-corrected chi connectivity index (χ1v) is 9.70. The van der Waals surface area contributed by atoms with Crippen LogP contribution in [-0.4, -0.2) is 44.4 Å². The molecule has 0 radical (unpaired) electrons. The predicted octanol–water partition coefficient (Wildman–Crippen LogP) is 1.59. The summed E-state index contributed by atoms with van der Waals surface area (Å²) in [5.74, 6) is 0. The molecule has 1 saturated heterocycles. The van der Waals surface area contributed by atoms with Crippen molar-refractivity contribution in [3.63, 3.8) is 0 Å². The fourth-order valence-electron chi connectivity index (χ4n) is 4.23. The van der Waals surface area contributed by atoms with Crippen molar-refractivity contribution in [1.82, 2.24) is 14.5 Å². The maximum Gasteiger partial charge on any atom is 0.259 e. The van der Waals surface area contributed by atoms with Crippen molar-refractivity contribution in [3.8, 4) is 0 Å². The molecule has 6 heteroatoms. The van der Waals surface area contributed by atoms with E-state index in [1.807, 2.05) is 11.9 Å². The molecule has 0 amide bonds. The lowest BCUT2D eigenvalue weighted by Gasteiger charge is -2.39. The number of hydrogen-bond acceptors (Lipinski definition) is 4. The van der Waals surface area contributed by atoms with Crippen LogP contribution in [0.5, 0.6) is 0 Å². The van der Waals surface area contributed by atoms with Crippen LogP contribution >= 0.6 is 0 Å². The van der Waals surface area contributed by atoms with E-state index in [1.54, 1.807) is 10.5 Å². The number of aryl methyl sites for hydroxylation is 1. The van der Waals surface area contributed by atoms with E-state index in [4.69, 9.17) is 0 Å². The minimum atomic E-state index is -3.38. The summed E-state index contributed by atoms with van der Waals surface area (Å²) >= 11 is 0. The first kappa shape index (κ1) is 15.0. The Morgan fingerprint density at radius 3 is 2.57 bits per heavy atom. The lowest BCUT2D eigenvalue weighted by molar-refractivity contribution is 0.232. The average Bonchev–Trinajstić information content (AvgIpc) is 3.14. The molecule has 0 unspecified atom stereocenters. The molecule has 2 heterocycles. The third-order valence-corrected chi connectivity index (χ3v) is 7.45. The van der Waals surface area contributed by atoms with Gasteiger partial charge in [0.1, 0.15) is 0 Å². The molecule has 4 rings (SSSR count). The molecule has 1 aromatic carbocycles. The van der Waals surface area contributed by atoms with Gasteiger partial charge < -0.3 is 10.2 Å². The van der Waals surface area contributed by atoms with Crippen LogP contribution in [0.3, 0.4) is 0 Å². The van der Waals surface area contributed by atoms with Crippen molar-refractivity contribution in [2.45, 2.75) is 31.1 Å². The van der Waals surface area contributed by atoms with E-state index in [0.29, 0.717) is 24.8 Å². The number of sulfonamides is 1. The van der Waals surface area contributed by atoms with Gasteiger partial charge in [0.15, 0.2) is 5.03 Å². The molecule has 1 N–H and O–H groups in total. The normalized spacial score (nSPS) is 23.7. The van der Waals surface area contributed by atoms with Crippen LogP contribution in [0.1, 0.15) is 30.4 Å². The summed E-state index contributed by atoms with van der Waals surface area (Å²) in [4.78, 5) is 1.85. The first-order valence-electron chi connectivity index (χ1n) is 8.26. The molecular weight excluding hydrogens is 310 g/mol. The number of rotatable bonds is 2. The number of benzene rings is 1. The van der Waals surface area contributed by atoms with Crippen molar-refractivity contribution in [2.75, 3.05) is 26.8 Å². The molecule has 1 aromatic rings. The Morgan fingerprint density at radius 1 is 1.13 bits per heavy atom. The number of fused-ring (bicyclic) bond motifs is 2. The molecule has 3 aliphatic rings. The summed E-state index contributed by atoms with van der Waals surface area (Å²) in [5.41, 5.74) is 3.09. The maximum absolute atomic E-state index is 12.8. The van der Waals surface area contributed by atoms with Crippen LogP contribution < -0.4 is 5.32 Å². The Kier molecular flexibility index (Phi) is 3.43. The van der Waals surface area contributed by atoms with E-state index < -0.39 is 10.0 Å². The number of hydrogen-bond donors (Lipinski definition) is 1. The van der Waals surface area contributed by atoms with Crippen LogP contribution in [0.25, 0.3) is 0 Å². The summed E-state index contributed by atoms with van der Waals surface area (Å²) in [7, 11) is -1.51. The van der Waals surface area contributed by atoms with Crippen LogP contribution in [0, 0.1) is 0 Å². The minimum absolute atomic E-state index is 0.191. The van der Waals surface area contributed by atoms with Crippen LogP contribution in [0.15, 0.2) is 35.5 Å². The molecule has 23 heavy (non-hydrogen) atoms. The fraction of sp³-hybridized carbons (Fsp3) is 0.529. The van der Waals surface area contributed by atoms with Gasteiger partial charge in [0.25, 0.3) is 10.0 Å². The van der Waals surface area contributed by atoms with E-state index in [2.05, 4.69) is 29.6 Å².